The molecule has 2 aromatic carbocycles. The minimum absolute atomic E-state index is 0.0383. The number of carbonyl (C=O) groups excluding carboxylic acids is 1. The van der Waals surface area contributed by atoms with Crippen molar-refractivity contribution in [3.05, 3.63) is 67.7 Å². The van der Waals surface area contributed by atoms with Gasteiger partial charge in [0.2, 0.25) is 0 Å². The van der Waals surface area contributed by atoms with Crippen LogP contribution in [0, 0.1) is 0 Å². The fourth-order valence-corrected chi connectivity index (χ4v) is 4.10. The first-order valence-corrected chi connectivity index (χ1v) is 10.3. The number of halogens is 10. The molecule has 2 aromatic rings. The molecule has 0 atom stereocenters. The Labute approximate surface area is 182 Å². The zero-order chi connectivity index (χ0) is 21.4. The van der Waals surface area contributed by atoms with Crippen LogP contribution >= 0.6 is 55.1 Å². The van der Waals surface area contributed by atoms with Gasteiger partial charge in [-0.15, -0.1) is 0 Å². The molecule has 0 heterocycles. The van der Waals surface area contributed by atoms with Gasteiger partial charge in [0.1, 0.15) is 0 Å². The van der Waals surface area contributed by atoms with Gasteiger partial charge >= 0.3 is 12.4 Å². The van der Waals surface area contributed by atoms with Crippen molar-refractivity contribution >= 4 is 60.8 Å². The first-order valence-electron chi connectivity index (χ1n) is 7.27. The Morgan fingerprint density at radius 1 is 0.750 bits per heavy atom. The van der Waals surface area contributed by atoms with Gasteiger partial charge < -0.3 is 0 Å². The molecule has 11 heteroatoms. The van der Waals surface area contributed by atoms with Crippen molar-refractivity contribution in [3.63, 3.8) is 0 Å². The van der Waals surface area contributed by atoms with E-state index in [2.05, 4.69) is 31.9 Å². The lowest BCUT2D eigenvalue weighted by atomic mass is 9.95. The second-order valence-electron chi connectivity index (χ2n) is 5.59. The summed E-state index contributed by atoms with van der Waals surface area (Å²) in [5.41, 5.74) is -3.57. The fraction of sp³-hybridized carbons (Fsp3) is 0.235. The van der Waals surface area contributed by atoms with Crippen molar-refractivity contribution < 1.29 is 31.1 Å². The molecule has 0 N–H and O–H groups in total. The zero-order valence-electron chi connectivity index (χ0n) is 13.4. The van der Waals surface area contributed by atoms with Gasteiger partial charge in [-0.3, -0.25) is 4.79 Å². The van der Waals surface area contributed by atoms with Crippen LogP contribution in [0.5, 0.6) is 0 Å². The average molecular weight is 573 g/mol. The quantitative estimate of drug-likeness (QED) is 0.206. The Morgan fingerprint density at radius 2 is 1.07 bits per heavy atom. The van der Waals surface area contributed by atoms with Gasteiger partial charge in [0, 0.05) is 21.8 Å². The molecule has 0 amide bonds. The molecule has 0 aliphatic carbocycles. The summed E-state index contributed by atoms with van der Waals surface area (Å²) >= 11 is 18.0. The number of ketones is 1. The summed E-state index contributed by atoms with van der Waals surface area (Å²) in [6.45, 7) is 0. The summed E-state index contributed by atoms with van der Waals surface area (Å²) < 4.78 is 78.9. The Kier molecular flexibility index (Phi) is 7.17. The van der Waals surface area contributed by atoms with E-state index >= 15 is 0 Å². The van der Waals surface area contributed by atoms with Gasteiger partial charge in [-0.1, -0.05) is 55.1 Å². The summed E-state index contributed by atoms with van der Waals surface area (Å²) in [5.74, 6) is -1.14. The van der Waals surface area contributed by atoms with E-state index in [9.17, 15) is 31.1 Å². The molecule has 0 aliphatic rings. The van der Waals surface area contributed by atoms with Crippen LogP contribution < -0.4 is 0 Å². The highest BCUT2D eigenvalue weighted by molar-refractivity contribution is 9.08. The summed E-state index contributed by atoms with van der Waals surface area (Å²) in [5, 5.41) is -0.801. The highest BCUT2D eigenvalue weighted by Crippen LogP contribution is 2.39. The summed E-state index contributed by atoms with van der Waals surface area (Å²) in [6, 6.07) is 2.51. The molecular weight excluding hydrogens is 565 g/mol. The second-order valence-corrected chi connectivity index (χ2v) is 7.46. The lowest BCUT2D eigenvalue weighted by Crippen LogP contribution is -2.13. The minimum Gasteiger partial charge on any atom is -0.288 e. The van der Waals surface area contributed by atoms with Crippen molar-refractivity contribution in [3.8, 4) is 0 Å². The summed E-state index contributed by atoms with van der Waals surface area (Å²) in [6.07, 6.45) is -9.57. The van der Waals surface area contributed by atoms with Crippen LogP contribution in [0.3, 0.4) is 0 Å². The smallest absolute Gasteiger partial charge is 0.288 e. The third-order valence-corrected chi connectivity index (χ3v) is 5.83. The first-order chi connectivity index (χ1) is 12.8. The van der Waals surface area contributed by atoms with E-state index in [0.717, 1.165) is 12.1 Å². The van der Waals surface area contributed by atoms with Crippen LogP contribution in [0.15, 0.2) is 24.3 Å². The molecular formula is C17H8Br2Cl2F6O. The SMILES string of the molecule is O=C(c1cc(C(F)(F)F)cc(CBr)c1Cl)c1cc(C(F)(F)F)cc(CBr)c1Cl. The van der Waals surface area contributed by atoms with Crippen molar-refractivity contribution in [1.29, 1.82) is 0 Å². The van der Waals surface area contributed by atoms with Gasteiger partial charge in [-0.2, -0.15) is 26.3 Å². The average Bonchev–Trinajstić information content (AvgIpc) is 2.59. The van der Waals surface area contributed by atoms with E-state index in [4.69, 9.17) is 23.2 Å². The Morgan fingerprint density at radius 3 is 1.32 bits per heavy atom. The van der Waals surface area contributed by atoms with E-state index < -0.39 is 40.4 Å². The van der Waals surface area contributed by atoms with Crippen LogP contribution in [0.1, 0.15) is 38.2 Å². The lowest BCUT2D eigenvalue weighted by molar-refractivity contribution is -0.138. The molecule has 0 bridgehead atoms. The standard InChI is InChI=1S/C17H8Br2Cl2F6O/c18-5-7-1-9(16(22,23)24)3-11(13(7)20)15(28)12-4-10(17(25,26)27)2-8(6-19)14(12)21/h1-4H,5-6H2. The predicted octanol–water partition coefficient (Wildman–Crippen LogP) is 8.05. The lowest BCUT2D eigenvalue weighted by Gasteiger charge is -2.16. The maximum atomic E-state index is 13.1. The van der Waals surface area contributed by atoms with Gasteiger partial charge in [0.25, 0.3) is 0 Å². The number of hydrogen-bond donors (Lipinski definition) is 0. The first kappa shape index (κ1) is 23.5. The van der Waals surface area contributed by atoms with Crippen LogP contribution in [-0.2, 0) is 23.0 Å². The predicted molar refractivity (Wildman–Crippen MR) is 102 cm³/mol. The summed E-state index contributed by atoms with van der Waals surface area (Å²) in [7, 11) is 0. The highest BCUT2D eigenvalue weighted by Gasteiger charge is 2.35. The molecule has 0 saturated carbocycles. The minimum atomic E-state index is -4.78. The molecule has 0 saturated heterocycles. The number of carbonyl (C=O) groups is 1. The molecule has 2 rings (SSSR count). The number of benzene rings is 2. The maximum Gasteiger partial charge on any atom is 0.416 e. The van der Waals surface area contributed by atoms with Gasteiger partial charge in [0.15, 0.2) is 5.78 Å². The van der Waals surface area contributed by atoms with E-state index in [1.807, 2.05) is 0 Å². The molecule has 0 aliphatic heterocycles. The molecule has 0 radical (unpaired) electrons. The number of rotatable bonds is 4. The molecule has 0 fully saturated rings. The van der Waals surface area contributed by atoms with Crippen LogP contribution in [-0.4, -0.2) is 5.78 Å². The zero-order valence-corrected chi connectivity index (χ0v) is 18.1. The molecule has 152 valence electrons. The molecule has 28 heavy (non-hydrogen) atoms. The highest BCUT2D eigenvalue weighted by atomic mass is 79.9. The molecule has 1 nitrogen and oxygen atoms in total. The normalized spacial score (nSPS) is 12.4. The van der Waals surface area contributed by atoms with E-state index in [-0.39, 0.29) is 31.8 Å². The van der Waals surface area contributed by atoms with Gasteiger partial charge in [-0.05, 0) is 35.4 Å². The van der Waals surface area contributed by atoms with Crippen molar-refractivity contribution in [2.45, 2.75) is 23.0 Å². The molecule has 0 unspecified atom stereocenters. The van der Waals surface area contributed by atoms with Crippen molar-refractivity contribution in [2.24, 2.45) is 0 Å². The third-order valence-electron chi connectivity index (χ3n) is 3.73. The maximum absolute atomic E-state index is 13.1. The van der Waals surface area contributed by atoms with Crippen molar-refractivity contribution in [1.82, 2.24) is 0 Å². The van der Waals surface area contributed by atoms with Gasteiger partial charge in [-0.25, -0.2) is 0 Å². The Balaban J connectivity index is 2.76. The summed E-state index contributed by atoms with van der Waals surface area (Å²) in [4.78, 5) is 12.8. The molecule has 0 spiro atoms. The van der Waals surface area contributed by atoms with E-state index in [1.54, 1.807) is 0 Å². The largest absolute Gasteiger partial charge is 0.416 e. The Hall–Kier alpha value is -0.770. The third kappa shape index (κ3) is 4.86. The fourth-order valence-electron chi connectivity index (χ4n) is 2.37. The topological polar surface area (TPSA) is 17.1 Å². The van der Waals surface area contributed by atoms with Gasteiger partial charge in [0.05, 0.1) is 21.2 Å². The van der Waals surface area contributed by atoms with E-state index in [0.29, 0.717) is 12.1 Å². The van der Waals surface area contributed by atoms with Crippen LogP contribution in [0.4, 0.5) is 26.3 Å². The second kappa shape index (κ2) is 8.53. The van der Waals surface area contributed by atoms with Crippen molar-refractivity contribution in [2.75, 3.05) is 0 Å². The monoisotopic (exact) mass is 570 g/mol. The number of hydrogen-bond acceptors (Lipinski definition) is 1. The molecule has 0 aromatic heterocycles. The number of alkyl halides is 8. The van der Waals surface area contributed by atoms with E-state index in [1.165, 1.54) is 0 Å². The Bertz CT molecular complexity index is 852. The van der Waals surface area contributed by atoms with Crippen LogP contribution in [0.2, 0.25) is 10.0 Å². The van der Waals surface area contributed by atoms with Crippen LogP contribution in [0.25, 0.3) is 0 Å².